The van der Waals surface area contributed by atoms with Gasteiger partial charge >= 0.3 is 0 Å². The molecule has 0 spiro atoms. The highest BCUT2D eigenvalue weighted by molar-refractivity contribution is 5.30. The first kappa shape index (κ1) is 10.9. The molecule has 0 aromatic carbocycles. The minimum atomic E-state index is -0.198. The molecule has 0 bridgehead atoms. The van der Waals surface area contributed by atoms with Crippen LogP contribution in [0.4, 0.5) is 0 Å². The molecule has 4 unspecified atom stereocenters. The average molecular weight is 206 g/mol. The maximum Gasteiger partial charge on any atom is 0.0726 e. The summed E-state index contributed by atoms with van der Waals surface area (Å²) in [6.45, 7) is 4.60. The third-order valence-electron chi connectivity index (χ3n) is 3.99. The summed E-state index contributed by atoms with van der Waals surface area (Å²) in [6, 6.07) is 0. The molecular formula is C14H22O. The molecule has 0 amide bonds. The van der Waals surface area contributed by atoms with Crippen molar-refractivity contribution in [2.24, 2.45) is 17.8 Å². The van der Waals surface area contributed by atoms with Gasteiger partial charge in [-0.1, -0.05) is 38.5 Å². The topological polar surface area (TPSA) is 20.2 Å². The van der Waals surface area contributed by atoms with E-state index in [0.29, 0.717) is 11.8 Å². The lowest BCUT2D eigenvalue weighted by molar-refractivity contribution is 0.166. The summed E-state index contributed by atoms with van der Waals surface area (Å²) < 4.78 is 0. The fourth-order valence-corrected chi connectivity index (χ4v) is 3.16. The molecule has 84 valence electrons. The predicted octanol–water partition coefficient (Wildman–Crippen LogP) is 3.31. The quantitative estimate of drug-likeness (QED) is 0.735. The van der Waals surface area contributed by atoms with Crippen molar-refractivity contribution >= 4 is 0 Å². The summed E-state index contributed by atoms with van der Waals surface area (Å²) in [4.78, 5) is 0. The van der Waals surface area contributed by atoms with Crippen molar-refractivity contribution in [1.29, 1.82) is 0 Å². The summed E-state index contributed by atoms with van der Waals surface area (Å²) in [5.74, 6) is 2.23. The smallest absolute Gasteiger partial charge is 0.0726 e. The van der Waals surface area contributed by atoms with Gasteiger partial charge in [-0.25, -0.2) is 0 Å². The summed E-state index contributed by atoms with van der Waals surface area (Å²) in [5, 5.41) is 9.62. The van der Waals surface area contributed by atoms with E-state index in [2.05, 4.69) is 32.1 Å². The van der Waals surface area contributed by atoms with Crippen LogP contribution in [0.3, 0.4) is 0 Å². The highest BCUT2D eigenvalue weighted by Gasteiger charge is 2.32. The normalized spacial score (nSPS) is 39.8. The van der Waals surface area contributed by atoms with Crippen LogP contribution in [0.5, 0.6) is 0 Å². The van der Waals surface area contributed by atoms with E-state index in [4.69, 9.17) is 0 Å². The first-order chi connectivity index (χ1) is 7.22. The van der Waals surface area contributed by atoms with Gasteiger partial charge in [-0.2, -0.15) is 0 Å². The molecule has 0 aromatic rings. The Morgan fingerprint density at radius 3 is 2.93 bits per heavy atom. The average Bonchev–Trinajstić information content (AvgIpc) is 2.22. The van der Waals surface area contributed by atoms with Gasteiger partial charge in [0, 0.05) is 0 Å². The lowest BCUT2D eigenvalue weighted by Crippen LogP contribution is -2.29. The molecule has 0 heterocycles. The van der Waals surface area contributed by atoms with Crippen LogP contribution in [0.25, 0.3) is 0 Å². The second kappa shape index (κ2) is 4.52. The largest absolute Gasteiger partial charge is 0.389 e. The van der Waals surface area contributed by atoms with Crippen LogP contribution >= 0.6 is 0 Å². The minimum absolute atomic E-state index is 0.198. The Morgan fingerprint density at radius 1 is 1.40 bits per heavy atom. The van der Waals surface area contributed by atoms with Crippen LogP contribution < -0.4 is 0 Å². The van der Waals surface area contributed by atoms with Gasteiger partial charge in [0.15, 0.2) is 0 Å². The fraction of sp³-hybridized carbons (Fsp3) is 0.714. The summed E-state index contributed by atoms with van der Waals surface area (Å²) in [5.41, 5.74) is 1.39. The molecule has 0 fully saturated rings. The van der Waals surface area contributed by atoms with Crippen molar-refractivity contribution in [3.8, 4) is 0 Å². The Bertz CT molecular complexity index is 277. The maximum atomic E-state index is 9.62. The molecule has 1 heteroatoms. The van der Waals surface area contributed by atoms with Crippen LogP contribution in [0.1, 0.15) is 39.5 Å². The molecule has 0 saturated carbocycles. The third kappa shape index (κ3) is 2.17. The zero-order valence-corrected chi connectivity index (χ0v) is 9.82. The van der Waals surface area contributed by atoms with Gasteiger partial charge in [0.25, 0.3) is 0 Å². The molecule has 1 N–H and O–H groups in total. The zero-order valence-electron chi connectivity index (χ0n) is 9.82. The van der Waals surface area contributed by atoms with Gasteiger partial charge in [0.1, 0.15) is 0 Å². The molecule has 0 saturated heterocycles. The van der Waals surface area contributed by atoms with Gasteiger partial charge in [0.2, 0.25) is 0 Å². The van der Waals surface area contributed by atoms with E-state index in [1.54, 1.807) is 0 Å². The Morgan fingerprint density at radius 2 is 2.20 bits per heavy atom. The van der Waals surface area contributed by atoms with E-state index in [1.165, 1.54) is 24.8 Å². The van der Waals surface area contributed by atoms with Crippen molar-refractivity contribution < 1.29 is 5.11 Å². The lowest BCUT2D eigenvalue weighted by atomic mass is 9.68. The van der Waals surface area contributed by atoms with E-state index >= 15 is 0 Å². The molecule has 0 aromatic heterocycles. The molecule has 4 atom stereocenters. The number of rotatable bonds is 2. The zero-order chi connectivity index (χ0) is 10.8. The van der Waals surface area contributed by atoms with E-state index in [-0.39, 0.29) is 6.10 Å². The molecule has 2 rings (SSSR count). The Kier molecular flexibility index (Phi) is 3.30. The van der Waals surface area contributed by atoms with Crippen molar-refractivity contribution in [3.63, 3.8) is 0 Å². The van der Waals surface area contributed by atoms with Gasteiger partial charge in [-0.15, -0.1) is 0 Å². The van der Waals surface area contributed by atoms with Crippen LogP contribution in [-0.2, 0) is 0 Å². The van der Waals surface area contributed by atoms with Gasteiger partial charge in [-0.05, 0) is 42.6 Å². The van der Waals surface area contributed by atoms with Crippen LogP contribution in [0, 0.1) is 17.8 Å². The Balaban J connectivity index is 2.21. The number of hydrogen-bond donors (Lipinski definition) is 1. The lowest BCUT2D eigenvalue weighted by Gasteiger charge is -2.38. The van der Waals surface area contributed by atoms with Gasteiger partial charge in [-0.3, -0.25) is 0 Å². The molecule has 15 heavy (non-hydrogen) atoms. The number of hydrogen-bond acceptors (Lipinski definition) is 1. The van der Waals surface area contributed by atoms with E-state index < -0.39 is 0 Å². The van der Waals surface area contributed by atoms with Crippen LogP contribution in [0.15, 0.2) is 23.8 Å². The van der Waals surface area contributed by atoms with Crippen molar-refractivity contribution in [2.45, 2.75) is 45.6 Å². The van der Waals surface area contributed by atoms with E-state index in [1.807, 2.05) is 0 Å². The molecule has 1 nitrogen and oxygen atoms in total. The summed E-state index contributed by atoms with van der Waals surface area (Å²) in [7, 11) is 0. The number of allylic oxidation sites excluding steroid dienone is 3. The monoisotopic (exact) mass is 206 g/mol. The van der Waals surface area contributed by atoms with Crippen LogP contribution in [-0.4, -0.2) is 11.2 Å². The standard InChI is InChI=1S/C14H22O/c1-3-4-13-10(2)5-6-11-9-12(15)7-8-14(11)13/h5-6,9-10,12-15H,3-4,7-8H2,1-2H3. The minimum Gasteiger partial charge on any atom is -0.389 e. The maximum absolute atomic E-state index is 9.62. The predicted molar refractivity (Wildman–Crippen MR) is 63.5 cm³/mol. The first-order valence-electron chi connectivity index (χ1n) is 6.30. The SMILES string of the molecule is CCCC1C(C)C=CC2=CC(O)CCC21. The summed E-state index contributed by atoms with van der Waals surface area (Å²) in [6.07, 6.45) is 11.2. The first-order valence-corrected chi connectivity index (χ1v) is 6.30. The highest BCUT2D eigenvalue weighted by atomic mass is 16.3. The Labute approximate surface area is 92.9 Å². The Hall–Kier alpha value is -0.560. The van der Waals surface area contributed by atoms with Crippen molar-refractivity contribution in [3.05, 3.63) is 23.8 Å². The van der Waals surface area contributed by atoms with E-state index in [0.717, 1.165) is 12.3 Å². The number of fused-ring (bicyclic) bond motifs is 1. The number of aliphatic hydroxyl groups is 1. The second-order valence-electron chi connectivity index (χ2n) is 5.09. The number of aliphatic hydroxyl groups excluding tert-OH is 1. The molecular weight excluding hydrogens is 184 g/mol. The van der Waals surface area contributed by atoms with Crippen LogP contribution in [0.2, 0.25) is 0 Å². The summed E-state index contributed by atoms with van der Waals surface area (Å²) >= 11 is 0. The van der Waals surface area contributed by atoms with Gasteiger partial charge in [0.05, 0.1) is 6.10 Å². The van der Waals surface area contributed by atoms with E-state index in [9.17, 15) is 5.11 Å². The van der Waals surface area contributed by atoms with Gasteiger partial charge < -0.3 is 5.11 Å². The third-order valence-corrected chi connectivity index (χ3v) is 3.99. The molecule has 2 aliphatic carbocycles. The highest BCUT2D eigenvalue weighted by Crippen LogP contribution is 2.41. The fourth-order valence-electron chi connectivity index (χ4n) is 3.16. The van der Waals surface area contributed by atoms with Crippen molar-refractivity contribution in [2.75, 3.05) is 0 Å². The second-order valence-corrected chi connectivity index (χ2v) is 5.09. The molecule has 2 aliphatic rings. The molecule has 0 radical (unpaired) electrons. The molecule has 0 aliphatic heterocycles. The van der Waals surface area contributed by atoms with Crippen molar-refractivity contribution in [1.82, 2.24) is 0 Å².